The summed E-state index contributed by atoms with van der Waals surface area (Å²) in [6.07, 6.45) is 0.705. The van der Waals surface area contributed by atoms with Gasteiger partial charge in [0, 0.05) is 32.7 Å². The quantitative estimate of drug-likeness (QED) is 0.521. The van der Waals surface area contributed by atoms with Crippen LogP contribution < -0.4 is 16.4 Å². The van der Waals surface area contributed by atoms with Gasteiger partial charge in [-0.25, -0.2) is 0 Å². The molecule has 0 spiro atoms. The lowest BCUT2D eigenvalue weighted by Crippen LogP contribution is -2.30. The van der Waals surface area contributed by atoms with Gasteiger partial charge in [-0.2, -0.15) is 0 Å². The number of aromatic nitrogens is 2. The van der Waals surface area contributed by atoms with Crippen LogP contribution in [0.5, 0.6) is 5.75 Å². The van der Waals surface area contributed by atoms with E-state index in [4.69, 9.17) is 0 Å². The molecule has 1 aromatic carbocycles. The number of H-pyrrole nitrogens is 1. The molecule has 10 heteroatoms. The van der Waals surface area contributed by atoms with E-state index in [2.05, 4.69) is 26.3 Å². The number of benzene rings is 1. The monoisotopic (exact) mass is 438 g/mol. The Labute approximate surface area is 162 Å². The maximum atomic E-state index is 12.7. The highest BCUT2D eigenvalue weighted by atomic mass is 79.9. The average Bonchev–Trinajstić information content (AvgIpc) is 3.13. The second-order valence-electron chi connectivity index (χ2n) is 6.41. The van der Waals surface area contributed by atoms with Gasteiger partial charge in [0.05, 0.1) is 11.3 Å². The molecule has 27 heavy (non-hydrogen) atoms. The Bertz CT molecular complexity index is 1000. The van der Waals surface area contributed by atoms with Crippen LogP contribution in [0.3, 0.4) is 0 Å². The van der Waals surface area contributed by atoms with E-state index in [1.165, 1.54) is 19.2 Å². The van der Waals surface area contributed by atoms with Gasteiger partial charge in [0.1, 0.15) is 10.2 Å². The highest BCUT2D eigenvalue weighted by molar-refractivity contribution is 9.10. The minimum absolute atomic E-state index is 0.00735. The van der Waals surface area contributed by atoms with Gasteiger partial charge in [-0.15, -0.1) is 0 Å². The molecular weight excluding hydrogens is 420 g/mol. The van der Waals surface area contributed by atoms with Crippen molar-refractivity contribution < 1.29 is 15.0 Å². The zero-order chi connectivity index (χ0) is 19.7. The van der Waals surface area contributed by atoms with Crippen molar-refractivity contribution in [2.45, 2.75) is 6.42 Å². The molecule has 1 amide bonds. The lowest BCUT2D eigenvalue weighted by Gasteiger charge is -2.18. The second-order valence-corrected chi connectivity index (χ2v) is 7.20. The minimum atomic E-state index is -0.515. The third kappa shape index (κ3) is 3.62. The van der Waals surface area contributed by atoms with Crippen molar-refractivity contribution in [1.29, 1.82) is 0 Å². The molecule has 1 aliphatic heterocycles. The van der Waals surface area contributed by atoms with Crippen LogP contribution in [0, 0.1) is 5.92 Å². The highest BCUT2D eigenvalue weighted by Gasteiger charge is 2.28. The average molecular weight is 439 g/mol. The van der Waals surface area contributed by atoms with Gasteiger partial charge < -0.3 is 20.4 Å². The zero-order valence-corrected chi connectivity index (χ0v) is 16.1. The van der Waals surface area contributed by atoms with Crippen LogP contribution in [0.15, 0.2) is 32.3 Å². The number of phenols is 1. The van der Waals surface area contributed by atoms with Crippen LogP contribution in [0.4, 0.5) is 11.4 Å². The molecule has 0 saturated carbocycles. The summed E-state index contributed by atoms with van der Waals surface area (Å²) in [5, 5.41) is 24.9. The number of halogens is 1. The van der Waals surface area contributed by atoms with Gasteiger partial charge in [-0.3, -0.25) is 24.2 Å². The summed E-state index contributed by atoms with van der Waals surface area (Å²) in [5.74, 6) is -0.637. The number of aliphatic hydroxyl groups excluding tert-OH is 1. The normalized spacial score (nSPS) is 16.6. The van der Waals surface area contributed by atoms with E-state index in [1.807, 2.05) is 0 Å². The predicted octanol–water partition coefficient (Wildman–Crippen LogP) is 0.740. The van der Waals surface area contributed by atoms with Crippen molar-refractivity contribution in [2.24, 2.45) is 13.0 Å². The molecule has 1 fully saturated rings. The maximum absolute atomic E-state index is 12.7. The number of phenolic OH excluding ortho intramolecular Hbond substituents is 1. The first-order valence-electron chi connectivity index (χ1n) is 8.31. The standard InChI is InChI=1S/C17H19BrN4O5/c1-21-17(27)13(12(18)15(25)20-21)19-11-4-2-3-10(14(11)24)16(26)22-6-5-9(7-22)8-23/h2-4,9,19,23-24H,5-8H2,1H3,(H,20,25). The fourth-order valence-electron chi connectivity index (χ4n) is 3.02. The number of anilines is 2. The third-order valence-corrected chi connectivity index (χ3v) is 5.32. The van der Waals surface area contributed by atoms with Crippen molar-refractivity contribution in [3.8, 4) is 5.75 Å². The molecule has 144 valence electrons. The van der Waals surface area contributed by atoms with Gasteiger partial charge >= 0.3 is 0 Å². The number of carbonyl (C=O) groups excluding carboxylic acids is 1. The molecule has 1 atom stereocenters. The van der Waals surface area contributed by atoms with E-state index in [1.54, 1.807) is 11.0 Å². The molecule has 3 rings (SSSR count). The van der Waals surface area contributed by atoms with E-state index in [-0.39, 0.29) is 45.6 Å². The first-order valence-corrected chi connectivity index (χ1v) is 9.10. The Morgan fingerprint density at radius 3 is 2.81 bits per heavy atom. The minimum Gasteiger partial charge on any atom is -0.505 e. The number of hydrogen-bond donors (Lipinski definition) is 4. The lowest BCUT2D eigenvalue weighted by molar-refractivity contribution is 0.0779. The number of para-hydroxylation sites is 1. The second kappa shape index (κ2) is 7.57. The van der Waals surface area contributed by atoms with E-state index < -0.39 is 11.1 Å². The van der Waals surface area contributed by atoms with Crippen LogP contribution in [0.2, 0.25) is 0 Å². The number of nitrogens with one attached hydrogen (secondary N) is 2. The molecule has 0 radical (unpaired) electrons. The lowest BCUT2D eigenvalue weighted by atomic mass is 10.1. The molecule has 1 saturated heterocycles. The van der Waals surface area contributed by atoms with Crippen molar-refractivity contribution in [3.63, 3.8) is 0 Å². The molecule has 0 bridgehead atoms. The molecule has 9 nitrogen and oxygen atoms in total. The van der Waals surface area contributed by atoms with Gasteiger partial charge in [-0.1, -0.05) is 6.07 Å². The predicted molar refractivity (Wildman–Crippen MR) is 102 cm³/mol. The molecule has 1 aliphatic rings. The molecule has 4 N–H and O–H groups in total. The van der Waals surface area contributed by atoms with Gasteiger partial charge in [0.15, 0.2) is 5.75 Å². The highest BCUT2D eigenvalue weighted by Crippen LogP contribution is 2.32. The zero-order valence-electron chi connectivity index (χ0n) is 14.5. The fourth-order valence-corrected chi connectivity index (χ4v) is 3.38. The fraction of sp³-hybridized carbons (Fsp3) is 0.353. The largest absolute Gasteiger partial charge is 0.505 e. The first-order chi connectivity index (χ1) is 12.8. The number of aliphatic hydroxyl groups is 1. The summed E-state index contributed by atoms with van der Waals surface area (Å²) >= 11 is 3.06. The molecule has 1 aromatic heterocycles. The Morgan fingerprint density at radius 1 is 1.41 bits per heavy atom. The number of nitrogens with zero attached hydrogens (tertiary/aromatic N) is 2. The number of likely N-dealkylation sites (tertiary alicyclic amines) is 1. The summed E-state index contributed by atoms with van der Waals surface area (Å²) in [6, 6.07) is 4.56. The summed E-state index contributed by atoms with van der Waals surface area (Å²) in [6.45, 7) is 0.936. The van der Waals surface area contributed by atoms with Crippen LogP contribution in [-0.4, -0.2) is 50.5 Å². The number of aromatic amines is 1. The van der Waals surface area contributed by atoms with Crippen molar-refractivity contribution in [2.75, 3.05) is 25.0 Å². The van der Waals surface area contributed by atoms with E-state index in [0.717, 1.165) is 4.68 Å². The van der Waals surface area contributed by atoms with Crippen LogP contribution >= 0.6 is 15.9 Å². The smallest absolute Gasteiger partial charge is 0.289 e. The molecule has 2 aromatic rings. The first kappa shape index (κ1) is 19.2. The maximum Gasteiger partial charge on any atom is 0.289 e. The Kier molecular flexibility index (Phi) is 5.38. The number of aryl methyl sites for hydroxylation is 1. The van der Waals surface area contributed by atoms with Gasteiger partial charge in [0.2, 0.25) is 0 Å². The van der Waals surface area contributed by atoms with Gasteiger partial charge in [0.25, 0.3) is 17.0 Å². The number of amides is 1. The summed E-state index contributed by atoms with van der Waals surface area (Å²) in [5.41, 5.74) is -0.873. The van der Waals surface area contributed by atoms with Crippen LogP contribution in [0.25, 0.3) is 0 Å². The number of aromatic hydroxyl groups is 1. The van der Waals surface area contributed by atoms with Crippen LogP contribution in [0.1, 0.15) is 16.8 Å². The Balaban J connectivity index is 1.94. The van der Waals surface area contributed by atoms with Crippen LogP contribution in [-0.2, 0) is 7.05 Å². The van der Waals surface area contributed by atoms with Crippen molar-refractivity contribution >= 4 is 33.2 Å². The summed E-state index contributed by atoms with van der Waals surface area (Å²) in [7, 11) is 1.39. The number of hydrogen-bond acceptors (Lipinski definition) is 6. The third-order valence-electron chi connectivity index (χ3n) is 4.56. The van der Waals surface area contributed by atoms with E-state index >= 15 is 0 Å². The number of rotatable bonds is 4. The van der Waals surface area contributed by atoms with E-state index in [9.17, 15) is 24.6 Å². The molecule has 2 heterocycles. The van der Waals surface area contributed by atoms with Crippen molar-refractivity contribution in [3.05, 3.63) is 48.9 Å². The van der Waals surface area contributed by atoms with Crippen molar-refractivity contribution in [1.82, 2.24) is 14.7 Å². The Hall–Kier alpha value is -2.59. The topological polar surface area (TPSA) is 128 Å². The molecule has 1 unspecified atom stereocenters. The van der Waals surface area contributed by atoms with Gasteiger partial charge in [-0.05, 0) is 34.5 Å². The van der Waals surface area contributed by atoms with E-state index in [0.29, 0.717) is 19.5 Å². The summed E-state index contributed by atoms with van der Waals surface area (Å²) < 4.78 is 1.01. The number of carbonyl (C=O) groups is 1. The molecule has 0 aliphatic carbocycles. The summed E-state index contributed by atoms with van der Waals surface area (Å²) in [4.78, 5) is 38.4. The SMILES string of the molecule is Cn1[nH]c(=O)c(Br)c(Nc2cccc(C(=O)N3CCC(CO)C3)c2O)c1=O. The molecular formula is C17H19BrN4O5. The Morgan fingerprint density at radius 2 is 2.15 bits per heavy atom.